The first kappa shape index (κ1) is 11.5. The molecule has 0 radical (unpaired) electrons. The van der Waals surface area contributed by atoms with Crippen LogP contribution in [-0.4, -0.2) is 11.3 Å². The van der Waals surface area contributed by atoms with Gasteiger partial charge in [-0.25, -0.2) is 0 Å². The summed E-state index contributed by atoms with van der Waals surface area (Å²) in [5.41, 5.74) is 1.28. The van der Waals surface area contributed by atoms with Crippen LogP contribution < -0.4 is 5.32 Å². The summed E-state index contributed by atoms with van der Waals surface area (Å²) in [5, 5.41) is 2.32. The Morgan fingerprint density at radius 1 is 1.64 bits per heavy atom. The monoisotopic (exact) mass is 231 g/mol. The molecule has 1 amide bonds. The zero-order chi connectivity index (χ0) is 10.7. The van der Waals surface area contributed by atoms with Crippen molar-refractivity contribution in [1.82, 2.24) is 5.32 Å². The van der Waals surface area contributed by atoms with E-state index >= 15 is 0 Å². The van der Waals surface area contributed by atoms with Gasteiger partial charge in [-0.15, -0.1) is 22.9 Å². The van der Waals surface area contributed by atoms with Gasteiger partial charge in [0.1, 0.15) is 5.38 Å². The van der Waals surface area contributed by atoms with Gasteiger partial charge >= 0.3 is 0 Å². The molecule has 0 spiro atoms. The van der Waals surface area contributed by atoms with E-state index in [0.717, 1.165) is 0 Å². The molecule has 0 aliphatic heterocycles. The van der Waals surface area contributed by atoms with E-state index in [1.165, 1.54) is 15.3 Å². The molecule has 4 heteroatoms. The van der Waals surface area contributed by atoms with E-state index in [1.807, 2.05) is 0 Å². The van der Waals surface area contributed by atoms with E-state index in [4.69, 9.17) is 11.6 Å². The Balaban J connectivity index is 2.50. The highest BCUT2D eigenvalue weighted by Gasteiger charge is 2.09. The predicted molar refractivity (Wildman–Crippen MR) is 61.0 cm³/mol. The number of carbonyl (C=O) groups excluding carboxylic acids is 1. The third kappa shape index (κ3) is 3.00. The summed E-state index contributed by atoms with van der Waals surface area (Å²) in [5.74, 6) is -0.115. The SMILES string of the molecule is Cc1cc(CNC(=O)C(C)Cl)sc1C. The Morgan fingerprint density at radius 2 is 2.29 bits per heavy atom. The standard InChI is InChI=1S/C10H14ClNOS/c1-6-4-9(14-8(6)3)5-12-10(13)7(2)11/h4,7H,5H2,1-3H3,(H,12,13). The summed E-state index contributed by atoms with van der Waals surface area (Å²) in [4.78, 5) is 13.6. The lowest BCUT2D eigenvalue weighted by molar-refractivity contribution is -0.120. The fraction of sp³-hybridized carbons (Fsp3) is 0.500. The number of aryl methyl sites for hydroxylation is 2. The van der Waals surface area contributed by atoms with Gasteiger partial charge in [-0.3, -0.25) is 4.79 Å². The van der Waals surface area contributed by atoms with Gasteiger partial charge in [-0.05, 0) is 32.4 Å². The molecule has 0 aliphatic rings. The molecule has 1 aromatic heterocycles. The van der Waals surface area contributed by atoms with Crippen LogP contribution in [0.3, 0.4) is 0 Å². The second-order valence-electron chi connectivity index (χ2n) is 3.29. The molecular formula is C10H14ClNOS. The van der Waals surface area contributed by atoms with Gasteiger partial charge in [0.05, 0.1) is 6.54 Å². The van der Waals surface area contributed by atoms with Crippen LogP contribution in [0.4, 0.5) is 0 Å². The number of carbonyl (C=O) groups is 1. The third-order valence-electron chi connectivity index (χ3n) is 2.02. The van der Waals surface area contributed by atoms with Crippen LogP contribution in [-0.2, 0) is 11.3 Å². The minimum absolute atomic E-state index is 0.115. The third-order valence-corrected chi connectivity index (χ3v) is 3.37. The van der Waals surface area contributed by atoms with Crippen LogP contribution in [0.1, 0.15) is 22.2 Å². The van der Waals surface area contributed by atoms with Crippen molar-refractivity contribution in [3.8, 4) is 0 Å². The zero-order valence-corrected chi connectivity index (χ0v) is 10.1. The number of halogens is 1. The molecule has 0 aromatic carbocycles. The van der Waals surface area contributed by atoms with Crippen molar-refractivity contribution >= 4 is 28.8 Å². The van der Waals surface area contributed by atoms with Gasteiger partial charge in [0.25, 0.3) is 0 Å². The molecule has 0 saturated heterocycles. The van der Waals surface area contributed by atoms with E-state index in [2.05, 4.69) is 25.2 Å². The summed E-state index contributed by atoms with van der Waals surface area (Å²) < 4.78 is 0. The maximum Gasteiger partial charge on any atom is 0.238 e. The Morgan fingerprint density at radius 3 is 2.71 bits per heavy atom. The Labute approximate surface area is 93.3 Å². The largest absolute Gasteiger partial charge is 0.350 e. The molecule has 0 saturated carbocycles. The van der Waals surface area contributed by atoms with E-state index < -0.39 is 5.38 Å². The molecule has 0 aliphatic carbocycles. The van der Waals surface area contributed by atoms with Crippen molar-refractivity contribution in [2.24, 2.45) is 0 Å². The van der Waals surface area contributed by atoms with E-state index in [0.29, 0.717) is 6.54 Å². The molecule has 1 aromatic rings. The van der Waals surface area contributed by atoms with Gasteiger partial charge in [0.2, 0.25) is 5.91 Å². The molecule has 1 atom stereocenters. The topological polar surface area (TPSA) is 29.1 Å². The Hall–Kier alpha value is -0.540. The number of hydrogen-bond donors (Lipinski definition) is 1. The van der Waals surface area contributed by atoms with Crippen molar-refractivity contribution in [2.75, 3.05) is 0 Å². The molecular weight excluding hydrogens is 218 g/mol. The van der Waals surface area contributed by atoms with Crippen LogP contribution >= 0.6 is 22.9 Å². The highest BCUT2D eigenvalue weighted by Crippen LogP contribution is 2.20. The van der Waals surface area contributed by atoms with Crippen molar-refractivity contribution in [2.45, 2.75) is 32.7 Å². The van der Waals surface area contributed by atoms with Gasteiger partial charge in [0.15, 0.2) is 0 Å². The second kappa shape index (κ2) is 4.80. The average Bonchev–Trinajstić information content (AvgIpc) is 2.42. The molecule has 14 heavy (non-hydrogen) atoms. The molecule has 1 heterocycles. The van der Waals surface area contributed by atoms with Crippen molar-refractivity contribution in [1.29, 1.82) is 0 Å². The molecule has 0 bridgehead atoms. The molecule has 78 valence electrons. The highest BCUT2D eigenvalue weighted by molar-refractivity contribution is 7.12. The Kier molecular flexibility index (Phi) is 3.96. The maximum atomic E-state index is 11.2. The Bertz CT molecular complexity index is 313. The quantitative estimate of drug-likeness (QED) is 0.797. The van der Waals surface area contributed by atoms with Gasteiger partial charge in [-0.2, -0.15) is 0 Å². The van der Waals surface area contributed by atoms with Gasteiger partial charge in [-0.1, -0.05) is 0 Å². The molecule has 2 nitrogen and oxygen atoms in total. The van der Waals surface area contributed by atoms with Gasteiger partial charge < -0.3 is 5.32 Å². The number of thiophene rings is 1. The van der Waals surface area contributed by atoms with E-state index in [9.17, 15) is 4.79 Å². The molecule has 1 rings (SSSR count). The normalized spacial score (nSPS) is 12.6. The lowest BCUT2D eigenvalue weighted by atomic mass is 10.3. The minimum Gasteiger partial charge on any atom is -0.350 e. The first-order chi connectivity index (χ1) is 6.50. The fourth-order valence-electron chi connectivity index (χ4n) is 1.05. The fourth-order valence-corrected chi connectivity index (χ4v) is 2.12. The summed E-state index contributed by atoms with van der Waals surface area (Å²) in [7, 11) is 0. The van der Waals surface area contributed by atoms with E-state index in [-0.39, 0.29) is 5.91 Å². The van der Waals surface area contributed by atoms with Crippen LogP contribution in [0.15, 0.2) is 6.07 Å². The maximum absolute atomic E-state index is 11.2. The summed E-state index contributed by atoms with van der Waals surface area (Å²) in [6.45, 7) is 6.40. The minimum atomic E-state index is -0.461. The van der Waals surface area contributed by atoms with Gasteiger partial charge in [0, 0.05) is 9.75 Å². The number of rotatable bonds is 3. The van der Waals surface area contributed by atoms with E-state index in [1.54, 1.807) is 18.3 Å². The summed E-state index contributed by atoms with van der Waals surface area (Å²) >= 11 is 7.33. The highest BCUT2D eigenvalue weighted by atomic mass is 35.5. The zero-order valence-electron chi connectivity index (χ0n) is 8.56. The molecule has 1 unspecified atom stereocenters. The van der Waals surface area contributed by atoms with Crippen LogP contribution in [0, 0.1) is 13.8 Å². The molecule has 0 fully saturated rings. The lowest BCUT2D eigenvalue weighted by Crippen LogP contribution is -2.28. The summed E-state index contributed by atoms with van der Waals surface area (Å²) in [6.07, 6.45) is 0. The number of hydrogen-bond acceptors (Lipinski definition) is 2. The van der Waals surface area contributed by atoms with Crippen LogP contribution in [0.25, 0.3) is 0 Å². The smallest absolute Gasteiger partial charge is 0.238 e. The van der Waals surface area contributed by atoms with Crippen molar-refractivity contribution < 1.29 is 4.79 Å². The predicted octanol–water partition coefficient (Wildman–Crippen LogP) is 2.61. The van der Waals surface area contributed by atoms with Crippen LogP contribution in [0.2, 0.25) is 0 Å². The number of alkyl halides is 1. The molecule has 1 N–H and O–H groups in total. The van der Waals surface area contributed by atoms with Crippen molar-refractivity contribution in [3.63, 3.8) is 0 Å². The first-order valence-corrected chi connectivity index (χ1v) is 5.73. The summed E-state index contributed by atoms with van der Waals surface area (Å²) in [6, 6.07) is 2.10. The second-order valence-corrected chi connectivity index (χ2v) is 5.28. The number of nitrogens with one attached hydrogen (secondary N) is 1. The average molecular weight is 232 g/mol. The first-order valence-electron chi connectivity index (χ1n) is 4.48. The lowest BCUT2D eigenvalue weighted by Gasteiger charge is -2.03. The van der Waals surface area contributed by atoms with Crippen molar-refractivity contribution in [3.05, 3.63) is 21.4 Å². The number of amides is 1. The van der Waals surface area contributed by atoms with Crippen LogP contribution in [0.5, 0.6) is 0 Å².